The maximum atomic E-state index is 11.4. The number of nitro benzene ring substituents is 2. The SMILES string of the molecule is O=[N+]([O-])c1cccc(-c2nc3ccccn3c2Cc2c(-c3cccc([N+](=O)[O-])c3)nc3ccccn23)c1. The highest BCUT2D eigenvalue weighted by molar-refractivity contribution is 5.72. The predicted octanol–water partition coefficient (Wildman–Crippen LogP) is 5.72. The van der Waals surface area contributed by atoms with Crippen LogP contribution in [-0.4, -0.2) is 28.6 Å². The third-order valence-corrected chi connectivity index (χ3v) is 6.25. The summed E-state index contributed by atoms with van der Waals surface area (Å²) in [5.41, 5.74) is 5.46. The minimum Gasteiger partial charge on any atom is -0.303 e. The smallest absolute Gasteiger partial charge is 0.270 e. The lowest BCUT2D eigenvalue weighted by molar-refractivity contribution is -0.385. The molecule has 0 aliphatic carbocycles. The molecule has 0 unspecified atom stereocenters. The lowest BCUT2D eigenvalue weighted by Gasteiger charge is -2.09. The molecule has 0 atom stereocenters. The Labute approximate surface area is 209 Å². The Morgan fingerprint density at radius 2 is 1.08 bits per heavy atom. The van der Waals surface area contributed by atoms with Gasteiger partial charge in [-0.05, 0) is 24.3 Å². The zero-order chi connectivity index (χ0) is 25.5. The van der Waals surface area contributed by atoms with Crippen molar-refractivity contribution in [2.24, 2.45) is 0 Å². The molecule has 0 amide bonds. The van der Waals surface area contributed by atoms with Crippen LogP contribution in [-0.2, 0) is 6.42 Å². The molecule has 4 aromatic heterocycles. The summed E-state index contributed by atoms with van der Waals surface area (Å²) >= 11 is 0. The summed E-state index contributed by atoms with van der Waals surface area (Å²) in [6.45, 7) is 0. The molecule has 0 aliphatic heterocycles. The second kappa shape index (κ2) is 8.68. The molecule has 10 heteroatoms. The summed E-state index contributed by atoms with van der Waals surface area (Å²) in [7, 11) is 0. The normalized spacial score (nSPS) is 11.2. The van der Waals surface area contributed by atoms with E-state index in [1.807, 2.05) is 57.6 Å². The number of hydrogen-bond donors (Lipinski definition) is 0. The highest BCUT2D eigenvalue weighted by atomic mass is 16.6. The maximum absolute atomic E-state index is 11.4. The Balaban J connectivity index is 1.58. The first kappa shape index (κ1) is 22.1. The zero-order valence-corrected chi connectivity index (χ0v) is 19.3. The van der Waals surface area contributed by atoms with Gasteiger partial charge in [0.1, 0.15) is 11.3 Å². The first-order valence-electron chi connectivity index (χ1n) is 11.4. The van der Waals surface area contributed by atoms with Crippen LogP contribution in [0.25, 0.3) is 33.8 Å². The third-order valence-electron chi connectivity index (χ3n) is 6.25. The summed E-state index contributed by atoms with van der Waals surface area (Å²) in [6.07, 6.45) is 4.16. The average Bonchev–Trinajstić information content (AvgIpc) is 3.48. The summed E-state index contributed by atoms with van der Waals surface area (Å²) < 4.78 is 3.90. The number of nitrogens with zero attached hydrogens (tertiary/aromatic N) is 6. The van der Waals surface area contributed by atoms with E-state index in [-0.39, 0.29) is 11.4 Å². The maximum Gasteiger partial charge on any atom is 0.270 e. The van der Waals surface area contributed by atoms with E-state index < -0.39 is 9.85 Å². The number of benzene rings is 2. The molecule has 10 nitrogen and oxygen atoms in total. The number of fused-ring (bicyclic) bond motifs is 2. The fourth-order valence-corrected chi connectivity index (χ4v) is 4.59. The molecule has 0 saturated heterocycles. The van der Waals surface area contributed by atoms with Crippen molar-refractivity contribution in [3.8, 4) is 22.5 Å². The Kier molecular flexibility index (Phi) is 5.19. The number of pyridine rings is 2. The van der Waals surface area contributed by atoms with E-state index in [0.29, 0.717) is 40.2 Å². The van der Waals surface area contributed by atoms with Crippen LogP contribution in [0.15, 0.2) is 97.3 Å². The molecule has 0 fully saturated rings. The predicted molar refractivity (Wildman–Crippen MR) is 137 cm³/mol. The van der Waals surface area contributed by atoms with E-state index in [4.69, 9.17) is 9.97 Å². The molecule has 2 aromatic carbocycles. The summed E-state index contributed by atoms with van der Waals surface area (Å²) in [6, 6.07) is 24.1. The minimum atomic E-state index is -0.427. The largest absolute Gasteiger partial charge is 0.303 e. The van der Waals surface area contributed by atoms with Gasteiger partial charge in [0.25, 0.3) is 11.4 Å². The van der Waals surface area contributed by atoms with Crippen molar-refractivity contribution in [1.82, 2.24) is 18.8 Å². The fourth-order valence-electron chi connectivity index (χ4n) is 4.59. The van der Waals surface area contributed by atoms with E-state index >= 15 is 0 Å². The first-order chi connectivity index (χ1) is 18.0. The van der Waals surface area contributed by atoms with Gasteiger partial charge in [0.2, 0.25) is 0 Å². The van der Waals surface area contributed by atoms with Crippen molar-refractivity contribution in [1.29, 1.82) is 0 Å². The van der Waals surface area contributed by atoms with Crippen molar-refractivity contribution in [3.63, 3.8) is 0 Å². The number of rotatable bonds is 6. The minimum absolute atomic E-state index is 0.0207. The van der Waals surface area contributed by atoms with E-state index in [0.717, 1.165) is 11.4 Å². The van der Waals surface area contributed by atoms with Gasteiger partial charge in [-0.2, -0.15) is 0 Å². The van der Waals surface area contributed by atoms with Crippen molar-refractivity contribution in [2.75, 3.05) is 0 Å². The van der Waals surface area contributed by atoms with E-state index in [2.05, 4.69) is 0 Å². The van der Waals surface area contributed by atoms with Gasteiger partial charge in [0, 0.05) is 54.2 Å². The van der Waals surface area contributed by atoms with Gasteiger partial charge in [0.05, 0.1) is 32.6 Å². The summed E-state index contributed by atoms with van der Waals surface area (Å²) in [5.74, 6) is 0. The Morgan fingerprint density at radius 1 is 0.622 bits per heavy atom. The van der Waals surface area contributed by atoms with Crippen LogP contribution < -0.4 is 0 Å². The third kappa shape index (κ3) is 3.86. The molecule has 37 heavy (non-hydrogen) atoms. The van der Waals surface area contributed by atoms with Crippen molar-refractivity contribution >= 4 is 22.7 Å². The lowest BCUT2D eigenvalue weighted by atomic mass is 10.0. The Morgan fingerprint density at radius 3 is 1.51 bits per heavy atom. The van der Waals surface area contributed by atoms with Gasteiger partial charge in [-0.3, -0.25) is 20.2 Å². The van der Waals surface area contributed by atoms with Crippen LogP contribution >= 0.6 is 0 Å². The molecule has 0 bridgehead atoms. The molecular formula is C27H18N6O4. The standard InChI is InChI=1S/C27H18N6O4/c34-32(35)20-9-5-7-18(15-20)26-22(30-13-3-1-11-24(30)28-26)17-23-27(29-25-12-2-4-14-31(23)25)19-8-6-10-21(16-19)33(36)37/h1-16H,17H2. The molecular weight excluding hydrogens is 472 g/mol. The Hall–Kier alpha value is -5.38. The second-order valence-corrected chi connectivity index (χ2v) is 8.46. The number of nitro groups is 2. The number of aromatic nitrogens is 4. The fraction of sp³-hybridized carbons (Fsp3) is 0.0370. The van der Waals surface area contributed by atoms with E-state index in [1.54, 1.807) is 24.3 Å². The second-order valence-electron chi connectivity index (χ2n) is 8.46. The number of non-ortho nitro benzene ring substituents is 2. The van der Waals surface area contributed by atoms with Gasteiger partial charge in [-0.25, -0.2) is 9.97 Å². The zero-order valence-electron chi connectivity index (χ0n) is 19.3. The quantitative estimate of drug-likeness (QED) is 0.217. The molecule has 0 saturated carbocycles. The molecule has 0 spiro atoms. The molecule has 0 N–H and O–H groups in total. The van der Waals surface area contributed by atoms with Gasteiger partial charge in [-0.1, -0.05) is 36.4 Å². The highest BCUT2D eigenvalue weighted by Crippen LogP contribution is 2.33. The topological polar surface area (TPSA) is 121 Å². The monoisotopic (exact) mass is 490 g/mol. The average molecular weight is 490 g/mol. The van der Waals surface area contributed by atoms with Gasteiger partial charge >= 0.3 is 0 Å². The number of hydrogen-bond acceptors (Lipinski definition) is 6. The lowest BCUT2D eigenvalue weighted by Crippen LogP contribution is -2.01. The molecule has 0 aliphatic rings. The van der Waals surface area contributed by atoms with Crippen LogP contribution in [0.4, 0.5) is 11.4 Å². The van der Waals surface area contributed by atoms with Crippen LogP contribution in [0.3, 0.4) is 0 Å². The van der Waals surface area contributed by atoms with Crippen LogP contribution in [0.1, 0.15) is 11.4 Å². The van der Waals surface area contributed by atoms with Crippen LogP contribution in [0.5, 0.6) is 0 Å². The highest BCUT2D eigenvalue weighted by Gasteiger charge is 2.22. The number of imidazole rings is 2. The van der Waals surface area contributed by atoms with Gasteiger partial charge < -0.3 is 8.80 Å². The van der Waals surface area contributed by atoms with Crippen molar-refractivity contribution in [3.05, 3.63) is 129 Å². The van der Waals surface area contributed by atoms with Crippen LogP contribution in [0.2, 0.25) is 0 Å². The summed E-state index contributed by atoms with van der Waals surface area (Å²) in [4.78, 5) is 31.6. The van der Waals surface area contributed by atoms with Crippen molar-refractivity contribution < 1.29 is 9.85 Å². The molecule has 4 heterocycles. The first-order valence-corrected chi connectivity index (χ1v) is 11.4. The van der Waals surface area contributed by atoms with Gasteiger partial charge in [0.15, 0.2) is 0 Å². The molecule has 6 rings (SSSR count). The van der Waals surface area contributed by atoms with E-state index in [1.165, 1.54) is 24.3 Å². The molecule has 6 aromatic rings. The van der Waals surface area contributed by atoms with Crippen LogP contribution in [0, 0.1) is 20.2 Å². The summed E-state index contributed by atoms with van der Waals surface area (Å²) in [5, 5.41) is 22.9. The molecule has 0 radical (unpaired) electrons. The van der Waals surface area contributed by atoms with Gasteiger partial charge in [-0.15, -0.1) is 0 Å². The van der Waals surface area contributed by atoms with E-state index in [9.17, 15) is 20.2 Å². The Bertz CT molecular complexity index is 1700. The molecule has 180 valence electrons. The van der Waals surface area contributed by atoms with Crippen molar-refractivity contribution in [2.45, 2.75) is 6.42 Å².